The number of amides is 2. The lowest BCUT2D eigenvalue weighted by atomic mass is 9.98. The Hall–Kier alpha value is -3.34. The fourth-order valence-corrected chi connectivity index (χ4v) is 5.20. The minimum Gasteiger partial charge on any atom is -0.350 e. The maximum absolute atomic E-state index is 14.0. The molecule has 0 heterocycles. The average Bonchev–Trinajstić information content (AvgIpc) is 2.90. The third-order valence-corrected chi connectivity index (χ3v) is 7.20. The predicted octanol–water partition coefficient (Wildman–Crippen LogP) is 7.63. The zero-order valence-corrected chi connectivity index (χ0v) is 24.1. The first-order valence-electron chi connectivity index (χ1n) is 13.2. The molecular weight excluding hydrogens is 527 g/mol. The van der Waals surface area contributed by atoms with E-state index in [1.165, 1.54) is 0 Å². The zero-order valence-electron chi connectivity index (χ0n) is 22.6. The smallest absolute Gasteiger partial charge is 0.243 e. The zero-order chi connectivity index (χ0) is 28.0. The largest absolute Gasteiger partial charge is 0.350 e. The van der Waals surface area contributed by atoms with Gasteiger partial charge in [-0.3, -0.25) is 9.59 Å². The van der Waals surface area contributed by atoms with Gasteiger partial charge in [0.05, 0.1) is 0 Å². The second kappa shape index (κ2) is 12.7. The van der Waals surface area contributed by atoms with Gasteiger partial charge in [-0.15, -0.1) is 0 Å². The summed E-state index contributed by atoms with van der Waals surface area (Å²) in [5, 5.41) is 6.34. The van der Waals surface area contributed by atoms with E-state index in [1.54, 1.807) is 17.0 Å². The Morgan fingerprint density at radius 2 is 1.54 bits per heavy atom. The Bertz CT molecular complexity index is 1440. The summed E-state index contributed by atoms with van der Waals surface area (Å²) in [6, 6.07) is 28.6. The van der Waals surface area contributed by atoms with Crippen molar-refractivity contribution in [3.63, 3.8) is 0 Å². The van der Waals surface area contributed by atoms with Gasteiger partial charge in [-0.2, -0.15) is 0 Å². The fourth-order valence-electron chi connectivity index (χ4n) is 4.74. The van der Waals surface area contributed by atoms with Crippen LogP contribution in [0.5, 0.6) is 0 Å². The van der Waals surface area contributed by atoms with Crippen LogP contribution in [0.2, 0.25) is 10.0 Å². The summed E-state index contributed by atoms with van der Waals surface area (Å²) < 4.78 is 0. The molecule has 1 N–H and O–H groups in total. The van der Waals surface area contributed by atoms with Crippen LogP contribution in [0, 0.1) is 0 Å². The Morgan fingerprint density at radius 3 is 2.26 bits per heavy atom. The lowest BCUT2D eigenvalue weighted by Gasteiger charge is -2.34. The quantitative estimate of drug-likeness (QED) is 0.228. The Morgan fingerprint density at radius 1 is 0.846 bits per heavy atom. The molecule has 0 spiro atoms. The molecule has 0 aromatic heterocycles. The van der Waals surface area contributed by atoms with Crippen molar-refractivity contribution < 1.29 is 9.59 Å². The molecule has 0 aliphatic heterocycles. The van der Waals surface area contributed by atoms with Crippen molar-refractivity contribution in [3.05, 3.63) is 118 Å². The van der Waals surface area contributed by atoms with Crippen molar-refractivity contribution in [1.82, 2.24) is 10.2 Å². The maximum atomic E-state index is 14.0. The third kappa shape index (κ3) is 7.84. The average molecular weight is 562 g/mol. The molecule has 0 radical (unpaired) electrons. The highest BCUT2D eigenvalue weighted by atomic mass is 35.5. The third-order valence-electron chi connectivity index (χ3n) is 6.61. The fraction of sp³-hybridized carbons (Fsp3) is 0.273. The summed E-state index contributed by atoms with van der Waals surface area (Å²) in [6.07, 6.45) is 1.20. The van der Waals surface area contributed by atoms with Crippen LogP contribution in [0.4, 0.5) is 0 Å². The number of hydrogen-bond donors (Lipinski definition) is 1. The molecular formula is C33H34Cl2N2O2. The highest BCUT2D eigenvalue weighted by molar-refractivity contribution is 6.35. The van der Waals surface area contributed by atoms with Crippen LogP contribution < -0.4 is 5.32 Å². The van der Waals surface area contributed by atoms with Crippen LogP contribution in [0.25, 0.3) is 10.8 Å². The first-order valence-corrected chi connectivity index (χ1v) is 13.9. The lowest BCUT2D eigenvalue weighted by Crippen LogP contribution is -2.54. The van der Waals surface area contributed by atoms with Gasteiger partial charge < -0.3 is 10.2 Å². The number of benzene rings is 4. The summed E-state index contributed by atoms with van der Waals surface area (Å²) in [6.45, 7) is 6.01. The predicted molar refractivity (Wildman–Crippen MR) is 161 cm³/mol. The molecule has 2 amide bonds. The monoisotopic (exact) mass is 560 g/mol. The first kappa shape index (κ1) is 28.7. The number of carbonyl (C=O) groups excluding carboxylic acids is 2. The highest BCUT2D eigenvalue weighted by Gasteiger charge is 2.32. The van der Waals surface area contributed by atoms with Gasteiger partial charge in [0.15, 0.2) is 0 Å². The second-order valence-electron chi connectivity index (χ2n) is 10.8. The summed E-state index contributed by atoms with van der Waals surface area (Å²) >= 11 is 12.7. The minimum absolute atomic E-state index is 0.112. The van der Waals surface area contributed by atoms with E-state index in [2.05, 4.69) is 29.6 Å². The van der Waals surface area contributed by atoms with Crippen LogP contribution in [-0.2, 0) is 29.0 Å². The number of rotatable bonds is 9. The van der Waals surface area contributed by atoms with Crippen molar-refractivity contribution in [2.75, 3.05) is 0 Å². The molecule has 0 saturated heterocycles. The van der Waals surface area contributed by atoms with Crippen molar-refractivity contribution in [1.29, 1.82) is 0 Å². The number of fused-ring (bicyclic) bond motifs is 1. The molecule has 1 atom stereocenters. The molecule has 0 bridgehead atoms. The van der Waals surface area contributed by atoms with Gasteiger partial charge >= 0.3 is 0 Å². The number of nitrogens with one attached hydrogen (secondary N) is 1. The molecule has 4 aromatic carbocycles. The number of aryl methyl sites for hydroxylation is 1. The van der Waals surface area contributed by atoms with Crippen LogP contribution in [0.1, 0.15) is 43.9 Å². The van der Waals surface area contributed by atoms with E-state index in [0.717, 1.165) is 27.5 Å². The normalized spacial score (nSPS) is 12.2. The molecule has 0 aliphatic rings. The van der Waals surface area contributed by atoms with Crippen molar-refractivity contribution >= 4 is 45.8 Å². The van der Waals surface area contributed by atoms with E-state index in [4.69, 9.17) is 23.2 Å². The number of carbonyl (C=O) groups is 2. The van der Waals surface area contributed by atoms with Crippen LogP contribution >= 0.6 is 23.2 Å². The maximum Gasteiger partial charge on any atom is 0.243 e. The van der Waals surface area contributed by atoms with E-state index in [-0.39, 0.29) is 24.8 Å². The van der Waals surface area contributed by atoms with Crippen molar-refractivity contribution in [2.45, 2.75) is 58.2 Å². The summed E-state index contributed by atoms with van der Waals surface area (Å²) in [7, 11) is 0. The Balaban J connectivity index is 1.68. The van der Waals surface area contributed by atoms with E-state index in [0.29, 0.717) is 22.9 Å². The van der Waals surface area contributed by atoms with Crippen LogP contribution in [0.3, 0.4) is 0 Å². The topological polar surface area (TPSA) is 49.4 Å². The van der Waals surface area contributed by atoms with Gasteiger partial charge in [0.1, 0.15) is 6.04 Å². The first-order chi connectivity index (χ1) is 18.6. The van der Waals surface area contributed by atoms with Gasteiger partial charge in [0.25, 0.3) is 0 Å². The van der Waals surface area contributed by atoms with Crippen molar-refractivity contribution in [3.8, 4) is 0 Å². The number of nitrogens with zero attached hydrogens (tertiary/aromatic N) is 1. The van der Waals surface area contributed by atoms with Gasteiger partial charge in [-0.25, -0.2) is 0 Å². The standard InChI is InChI=1S/C33H34Cl2N2O2/c1-33(2,3)36-32(39)30(20-23-10-5-4-6-11-23)37(22-26-16-18-27(34)21-29(26)35)31(38)19-17-25-14-9-13-24-12-7-8-15-28(24)25/h4-16,18,21,30H,17,19-20,22H2,1-3H3,(H,36,39)/t30-/m0/s1. The molecule has 6 heteroatoms. The van der Waals surface area contributed by atoms with E-state index < -0.39 is 11.6 Å². The molecule has 4 aromatic rings. The Kier molecular flexibility index (Phi) is 9.32. The molecule has 0 aliphatic carbocycles. The summed E-state index contributed by atoms with van der Waals surface area (Å²) in [5.74, 6) is -0.311. The number of halogens is 2. The molecule has 4 nitrogen and oxygen atoms in total. The molecule has 39 heavy (non-hydrogen) atoms. The van der Waals surface area contributed by atoms with E-state index >= 15 is 0 Å². The number of hydrogen-bond acceptors (Lipinski definition) is 2. The summed E-state index contributed by atoms with van der Waals surface area (Å²) in [4.78, 5) is 29.4. The second-order valence-corrected chi connectivity index (χ2v) is 11.7. The van der Waals surface area contributed by atoms with Gasteiger partial charge in [0.2, 0.25) is 11.8 Å². The highest BCUT2D eigenvalue weighted by Crippen LogP contribution is 2.26. The molecule has 0 saturated carbocycles. The van der Waals surface area contributed by atoms with Crippen LogP contribution in [-0.4, -0.2) is 28.3 Å². The molecule has 0 unspecified atom stereocenters. The van der Waals surface area contributed by atoms with Gasteiger partial charge in [0, 0.05) is 35.0 Å². The SMILES string of the molecule is CC(C)(C)NC(=O)[C@H](Cc1ccccc1)N(Cc1ccc(Cl)cc1Cl)C(=O)CCc1cccc2ccccc12. The Labute approximate surface area is 240 Å². The molecule has 202 valence electrons. The summed E-state index contributed by atoms with van der Waals surface area (Å²) in [5.41, 5.74) is 2.35. The van der Waals surface area contributed by atoms with Crippen molar-refractivity contribution in [2.24, 2.45) is 0 Å². The van der Waals surface area contributed by atoms with Crippen LogP contribution in [0.15, 0.2) is 91.0 Å². The van der Waals surface area contributed by atoms with E-state index in [1.807, 2.05) is 75.4 Å². The minimum atomic E-state index is -0.724. The lowest BCUT2D eigenvalue weighted by molar-refractivity contribution is -0.141. The van der Waals surface area contributed by atoms with E-state index in [9.17, 15) is 9.59 Å². The molecule has 0 fully saturated rings. The molecule has 4 rings (SSSR count). The van der Waals surface area contributed by atoms with Gasteiger partial charge in [-0.1, -0.05) is 102 Å². The van der Waals surface area contributed by atoms with Gasteiger partial charge in [-0.05, 0) is 66.8 Å².